The van der Waals surface area contributed by atoms with Gasteiger partial charge in [0.1, 0.15) is 5.69 Å². The van der Waals surface area contributed by atoms with Crippen molar-refractivity contribution in [2.75, 3.05) is 5.32 Å². The molecule has 1 atom stereocenters. The number of nitrogens with zero attached hydrogens (tertiary/aromatic N) is 2. The number of para-hydroxylation sites is 1. The third-order valence-electron chi connectivity index (χ3n) is 3.43. The fourth-order valence-corrected chi connectivity index (χ4v) is 2.27. The maximum absolute atomic E-state index is 10.3. The van der Waals surface area contributed by atoms with Crippen molar-refractivity contribution in [3.05, 3.63) is 78.2 Å². The van der Waals surface area contributed by atoms with E-state index in [4.69, 9.17) is 0 Å². The number of aliphatic hydroxyl groups is 1. The van der Waals surface area contributed by atoms with Gasteiger partial charge in [-0.1, -0.05) is 42.5 Å². The molecule has 4 nitrogen and oxygen atoms in total. The van der Waals surface area contributed by atoms with Crippen molar-refractivity contribution >= 4 is 5.69 Å². The average Bonchev–Trinajstić information content (AvgIpc) is 2.56. The van der Waals surface area contributed by atoms with Gasteiger partial charge in [-0.2, -0.15) is 0 Å². The molecule has 0 amide bonds. The fourth-order valence-electron chi connectivity index (χ4n) is 2.27. The first kappa shape index (κ1) is 14.2. The normalized spacial score (nSPS) is 11.9. The minimum atomic E-state index is -0.904. The summed E-state index contributed by atoms with van der Waals surface area (Å²) in [6, 6.07) is 17.5. The van der Waals surface area contributed by atoms with Crippen molar-refractivity contribution in [2.24, 2.45) is 0 Å². The number of benzene rings is 2. The minimum absolute atomic E-state index is 0.490. The highest BCUT2D eigenvalue weighted by Gasteiger charge is 2.11. The first-order valence-corrected chi connectivity index (χ1v) is 7.11. The maximum Gasteiger partial charge on any atom is 0.169 e. The van der Waals surface area contributed by atoms with Gasteiger partial charge in [-0.15, -0.1) is 0 Å². The second-order valence-corrected chi connectivity index (χ2v) is 5.06. The Kier molecular flexibility index (Phi) is 4.12. The van der Waals surface area contributed by atoms with Crippen LogP contribution in [0.3, 0.4) is 0 Å². The topological polar surface area (TPSA) is 58.0 Å². The number of aromatic nitrogens is 2. The van der Waals surface area contributed by atoms with Crippen LogP contribution in [0.2, 0.25) is 0 Å². The van der Waals surface area contributed by atoms with Crippen LogP contribution in [0.25, 0.3) is 11.3 Å². The molecule has 0 aliphatic rings. The molecule has 1 unspecified atom stereocenters. The van der Waals surface area contributed by atoms with Crippen molar-refractivity contribution in [1.82, 2.24) is 9.97 Å². The van der Waals surface area contributed by atoms with E-state index in [0.717, 1.165) is 22.5 Å². The maximum atomic E-state index is 10.3. The summed E-state index contributed by atoms with van der Waals surface area (Å²) in [6.45, 7) is 2.03. The molecule has 0 aliphatic heterocycles. The van der Waals surface area contributed by atoms with Crippen LogP contribution >= 0.6 is 0 Å². The van der Waals surface area contributed by atoms with Gasteiger partial charge >= 0.3 is 0 Å². The van der Waals surface area contributed by atoms with Crippen LogP contribution in [0.1, 0.15) is 17.5 Å². The lowest BCUT2D eigenvalue weighted by atomic mass is 10.1. The standard InChI is InChI=1S/C18H17N3O/c1-13-7-5-6-10-15(13)16-11-19-12-17(21-16)18(22)20-14-8-3-2-4-9-14/h2-12,18,20,22H,1H3. The number of hydrogen-bond donors (Lipinski definition) is 2. The van der Waals surface area contributed by atoms with Crippen molar-refractivity contribution in [3.63, 3.8) is 0 Å². The van der Waals surface area contributed by atoms with Crippen LogP contribution in [0.5, 0.6) is 0 Å². The highest BCUT2D eigenvalue weighted by atomic mass is 16.3. The lowest BCUT2D eigenvalue weighted by Gasteiger charge is -2.14. The van der Waals surface area contributed by atoms with Crippen LogP contribution < -0.4 is 5.32 Å². The first-order chi connectivity index (χ1) is 10.7. The van der Waals surface area contributed by atoms with E-state index in [9.17, 15) is 5.11 Å². The predicted octanol–water partition coefficient (Wildman–Crippen LogP) is 3.56. The Hall–Kier alpha value is -2.72. The molecule has 110 valence electrons. The number of rotatable bonds is 4. The highest BCUT2D eigenvalue weighted by molar-refractivity contribution is 5.62. The van der Waals surface area contributed by atoms with Gasteiger partial charge in [-0.3, -0.25) is 4.98 Å². The lowest BCUT2D eigenvalue weighted by molar-refractivity contribution is 0.203. The highest BCUT2D eigenvalue weighted by Crippen LogP contribution is 2.22. The summed E-state index contributed by atoms with van der Waals surface area (Å²) in [5.74, 6) is 0. The summed E-state index contributed by atoms with van der Waals surface area (Å²) >= 11 is 0. The Balaban J connectivity index is 1.86. The molecule has 1 heterocycles. The van der Waals surface area contributed by atoms with Crippen molar-refractivity contribution in [2.45, 2.75) is 13.2 Å². The molecule has 2 N–H and O–H groups in total. The largest absolute Gasteiger partial charge is 0.368 e. The zero-order valence-corrected chi connectivity index (χ0v) is 12.3. The Morgan fingerprint density at radius 2 is 1.68 bits per heavy atom. The molecule has 0 aliphatic carbocycles. The van der Waals surface area contributed by atoms with Crippen LogP contribution in [0.4, 0.5) is 5.69 Å². The first-order valence-electron chi connectivity index (χ1n) is 7.11. The SMILES string of the molecule is Cc1ccccc1-c1cncc(C(O)Nc2ccccc2)n1. The summed E-state index contributed by atoms with van der Waals surface area (Å²) in [5.41, 5.74) is 4.22. The molecule has 3 rings (SSSR count). The van der Waals surface area contributed by atoms with E-state index in [0.29, 0.717) is 5.69 Å². The van der Waals surface area contributed by atoms with E-state index in [1.807, 2.05) is 61.5 Å². The summed E-state index contributed by atoms with van der Waals surface area (Å²) < 4.78 is 0. The second kappa shape index (κ2) is 6.37. The van der Waals surface area contributed by atoms with Crippen LogP contribution in [0.15, 0.2) is 67.0 Å². The number of aryl methyl sites for hydroxylation is 1. The molecular weight excluding hydrogens is 274 g/mol. The van der Waals surface area contributed by atoms with E-state index in [1.54, 1.807) is 12.4 Å². The van der Waals surface area contributed by atoms with E-state index < -0.39 is 6.23 Å². The quantitative estimate of drug-likeness (QED) is 0.722. The average molecular weight is 291 g/mol. The monoisotopic (exact) mass is 291 g/mol. The van der Waals surface area contributed by atoms with Crippen molar-refractivity contribution in [3.8, 4) is 11.3 Å². The van der Waals surface area contributed by atoms with Gasteiger partial charge in [0, 0.05) is 11.3 Å². The van der Waals surface area contributed by atoms with Crippen molar-refractivity contribution in [1.29, 1.82) is 0 Å². The van der Waals surface area contributed by atoms with Gasteiger partial charge in [0.2, 0.25) is 0 Å². The van der Waals surface area contributed by atoms with E-state index in [-0.39, 0.29) is 0 Å². The third kappa shape index (κ3) is 3.13. The molecule has 1 aromatic heterocycles. The van der Waals surface area contributed by atoms with E-state index >= 15 is 0 Å². The molecule has 0 spiro atoms. The molecule has 0 bridgehead atoms. The Labute approximate surface area is 129 Å². The Morgan fingerprint density at radius 1 is 0.955 bits per heavy atom. The zero-order valence-electron chi connectivity index (χ0n) is 12.3. The van der Waals surface area contributed by atoms with Crippen LogP contribution in [-0.2, 0) is 0 Å². The minimum Gasteiger partial charge on any atom is -0.368 e. The summed E-state index contributed by atoms with van der Waals surface area (Å²) in [4.78, 5) is 8.73. The molecule has 0 saturated carbocycles. The molecule has 22 heavy (non-hydrogen) atoms. The summed E-state index contributed by atoms with van der Waals surface area (Å²) in [7, 11) is 0. The molecule has 2 aromatic carbocycles. The van der Waals surface area contributed by atoms with E-state index in [2.05, 4.69) is 15.3 Å². The lowest BCUT2D eigenvalue weighted by Crippen LogP contribution is -2.12. The summed E-state index contributed by atoms with van der Waals surface area (Å²) in [5, 5.41) is 13.3. The molecule has 0 saturated heterocycles. The fraction of sp³-hybridized carbons (Fsp3) is 0.111. The van der Waals surface area contributed by atoms with Gasteiger partial charge in [-0.05, 0) is 24.6 Å². The van der Waals surface area contributed by atoms with Crippen LogP contribution in [-0.4, -0.2) is 15.1 Å². The predicted molar refractivity (Wildman–Crippen MR) is 87.2 cm³/mol. The van der Waals surface area contributed by atoms with Gasteiger partial charge in [0.05, 0.1) is 18.1 Å². The van der Waals surface area contributed by atoms with Gasteiger partial charge < -0.3 is 10.4 Å². The molecule has 0 fully saturated rings. The number of hydrogen-bond acceptors (Lipinski definition) is 4. The molecule has 3 aromatic rings. The molecule has 4 heteroatoms. The smallest absolute Gasteiger partial charge is 0.169 e. The van der Waals surface area contributed by atoms with Gasteiger partial charge in [0.15, 0.2) is 6.23 Å². The molecule has 0 radical (unpaired) electrons. The number of nitrogens with one attached hydrogen (secondary N) is 1. The molecular formula is C18H17N3O. The number of anilines is 1. The number of aliphatic hydroxyl groups excluding tert-OH is 1. The zero-order chi connectivity index (χ0) is 15.4. The Bertz CT molecular complexity index is 759. The summed E-state index contributed by atoms with van der Waals surface area (Å²) in [6.07, 6.45) is 2.38. The third-order valence-corrected chi connectivity index (χ3v) is 3.43. The Morgan fingerprint density at radius 3 is 2.45 bits per heavy atom. The van der Waals surface area contributed by atoms with Crippen LogP contribution in [0, 0.1) is 6.92 Å². The van der Waals surface area contributed by atoms with Gasteiger partial charge in [-0.25, -0.2) is 4.98 Å². The van der Waals surface area contributed by atoms with Crippen molar-refractivity contribution < 1.29 is 5.11 Å². The van der Waals surface area contributed by atoms with E-state index in [1.165, 1.54) is 0 Å². The van der Waals surface area contributed by atoms with Gasteiger partial charge in [0.25, 0.3) is 0 Å². The second-order valence-electron chi connectivity index (χ2n) is 5.06.